The summed E-state index contributed by atoms with van der Waals surface area (Å²) in [6.45, 7) is 0. The van der Waals surface area contributed by atoms with E-state index in [0.29, 0.717) is 0 Å². The third-order valence-corrected chi connectivity index (χ3v) is 1.38. The molecule has 0 unspecified atom stereocenters. The fourth-order valence-electron chi connectivity index (χ4n) is 0.863. The third-order valence-electron chi connectivity index (χ3n) is 1.38. The number of aromatic nitrogens is 3. The Morgan fingerprint density at radius 1 is 1.45 bits per heavy atom. The zero-order valence-electron chi connectivity index (χ0n) is 5.78. The van der Waals surface area contributed by atoms with Gasteiger partial charge >= 0.3 is 0 Å². The first-order valence-electron chi connectivity index (χ1n) is 3.28. The van der Waals surface area contributed by atoms with E-state index in [2.05, 4.69) is 21.2 Å². The van der Waals surface area contributed by atoms with Gasteiger partial charge in [-0.1, -0.05) is 6.07 Å². The highest BCUT2D eigenvalue weighted by atomic mass is 15.1. The summed E-state index contributed by atoms with van der Waals surface area (Å²) in [5.74, 6) is 0. The monoisotopic (exact) mass is 144 g/mol. The average Bonchev–Trinajstić information content (AvgIpc) is 2.58. The molecule has 1 N–H and O–H groups in total. The lowest BCUT2D eigenvalue weighted by molar-refractivity contribution is 1.09. The summed E-state index contributed by atoms with van der Waals surface area (Å²) < 4.78 is 0. The molecular formula is C8H6N3. The lowest BCUT2D eigenvalue weighted by Crippen LogP contribution is -1.77. The highest BCUT2D eigenvalue weighted by molar-refractivity contribution is 5.55. The Morgan fingerprint density at radius 2 is 2.45 bits per heavy atom. The predicted octanol–water partition coefficient (Wildman–Crippen LogP) is 1.27. The van der Waals surface area contributed by atoms with Gasteiger partial charge in [0.1, 0.15) is 0 Å². The molecule has 3 nitrogen and oxygen atoms in total. The van der Waals surface area contributed by atoms with Crippen LogP contribution in [0.4, 0.5) is 0 Å². The molecule has 2 rings (SSSR count). The first-order chi connectivity index (χ1) is 5.47. The number of nitrogens with zero attached hydrogens (tertiary/aromatic N) is 2. The van der Waals surface area contributed by atoms with E-state index < -0.39 is 0 Å². The summed E-state index contributed by atoms with van der Waals surface area (Å²) in [5, 5.41) is 6.53. The first-order valence-corrected chi connectivity index (χ1v) is 3.28. The van der Waals surface area contributed by atoms with Crippen molar-refractivity contribution in [3.8, 4) is 11.3 Å². The second-order valence-corrected chi connectivity index (χ2v) is 2.12. The molecule has 3 heteroatoms. The minimum absolute atomic E-state index is 0.821. The van der Waals surface area contributed by atoms with Gasteiger partial charge < -0.3 is 0 Å². The highest BCUT2D eigenvalue weighted by Crippen LogP contribution is 2.11. The van der Waals surface area contributed by atoms with Crippen LogP contribution in [0.15, 0.2) is 30.7 Å². The number of aromatic amines is 1. The van der Waals surface area contributed by atoms with Gasteiger partial charge in [-0.25, -0.2) is 0 Å². The van der Waals surface area contributed by atoms with Crippen LogP contribution in [0.1, 0.15) is 0 Å². The molecule has 2 heterocycles. The molecule has 0 saturated heterocycles. The van der Waals surface area contributed by atoms with Crippen LogP contribution in [0.3, 0.4) is 0 Å². The average molecular weight is 144 g/mol. The Balaban J connectivity index is 2.46. The first kappa shape index (κ1) is 6.09. The molecule has 1 radical (unpaired) electrons. The summed E-state index contributed by atoms with van der Waals surface area (Å²) in [7, 11) is 0. The van der Waals surface area contributed by atoms with Crippen molar-refractivity contribution in [1.29, 1.82) is 0 Å². The lowest BCUT2D eigenvalue weighted by atomic mass is 10.2. The normalized spacial score (nSPS) is 9.82. The highest BCUT2D eigenvalue weighted by Gasteiger charge is 1.96. The third kappa shape index (κ3) is 1.12. The molecule has 2 aromatic heterocycles. The molecule has 0 aliphatic carbocycles. The maximum atomic E-state index is 4.11. The standard InChI is InChI=1S/C8H6N3/c1-2-4-9-8(3-1)7-5-10-11-6-7/h1-2,4-6H,(H,10,11). The summed E-state index contributed by atoms with van der Waals surface area (Å²) >= 11 is 0. The number of hydrogen-bond acceptors (Lipinski definition) is 2. The van der Waals surface area contributed by atoms with Gasteiger partial charge in [0, 0.05) is 24.0 Å². The van der Waals surface area contributed by atoms with E-state index in [-0.39, 0.29) is 0 Å². The number of rotatable bonds is 1. The predicted molar refractivity (Wildman–Crippen MR) is 40.7 cm³/mol. The zero-order valence-corrected chi connectivity index (χ0v) is 5.78. The minimum atomic E-state index is 0.821. The van der Waals surface area contributed by atoms with E-state index in [0.717, 1.165) is 11.3 Å². The van der Waals surface area contributed by atoms with Crippen LogP contribution in [0, 0.1) is 6.07 Å². The van der Waals surface area contributed by atoms with Gasteiger partial charge in [-0.3, -0.25) is 10.1 Å². The molecule has 0 aliphatic heterocycles. The van der Waals surface area contributed by atoms with Crippen LogP contribution in [0.2, 0.25) is 0 Å². The van der Waals surface area contributed by atoms with E-state index in [9.17, 15) is 0 Å². The van der Waals surface area contributed by atoms with Crippen LogP contribution in [0.25, 0.3) is 11.3 Å². The van der Waals surface area contributed by atoms with Crippen molar-refractivity contribution < 1.29 is 0 Å². The van der Waals surface area contributed by atoms with Crippen LogP contribution >= 0.6 is 0 Å². The van der Waals surface area contributed by atoms with E-state index in [1.807, 2.05) is 12.1 Å². The van der Waals surface area contributed by atoms with Crippen LogP contribution < -0.4 is 0 Å². The summed E-state index contributed by atoms with van der Waals surface area (Å²) in [6, 6.07) is 6.67. The van der Waals surface area contributed by atoms with E-state index >= 15 is 0 Å². The summed E-state index contributed by atoms with van der Waals surface area (Å²) in [6.07, 6.45) is 5.25. The molecule has 0 atom stereocenters. The van der Waals surface area contributed by atoms with Crippen molar-refractivity contribution in [2.45, 2.75) is 0 Å². The Labute approximate surface area is 64.1 Å². The van der Waals surface area contributed by atoms with Crippen LogP contribution in [0.5, 0.6) is 0 Å². The van der Waals surface area contributed by atoms with Gasteiger partial charge in [0.25, 0.3) is 0 Å². The fraction of sp³-hybridized carbons (Fsp3) is 0. The number of nitrogens with one attached hydrogen (secondary N) is 1. The Hall–Kier alpha value is -1.64. The Bertz CT molecular complexity index is 312. The van der Waals surface area contributed by atoms with Crippen LogP contribution in [-0.4, -0.2) is 15.2 Å². The van der Waals surface area contributed by atoms with Crippen LogP contribution in [-0.2, 0) is 0 Å². The topological polar surface area (TPSA) is 41.6 Å². The van der Waals surface area contributed by atoms with E-state index in [1.165, 1.54) is 0 Å². The largest absolute Gasteiger partial charge is 0.285 e. The van der Waals surface area contributed by atoms with Gasteiger partial charge in [0.05, 0.1) is 11.9 Å². The Morgan fingerprint density at radius 3 is 3.09 bits per heavy atom. The molecule has 2 aromatic rings. The molecular weight excluding hydrogens is 138 g/mol. The number of H-pyrrole nitrogens is 1. The fourth-order valence-corrected chi connectivity index (χ4v) is 0.863. The van der Waals surface area contributed by atoms with E-state index in [1.54, 1.807) is 18.6 Å². The number of pyridine rings is 1. The zero-order chi connectivity index (χ0) is 7.52. The SMILES string of the molecule is [c]1cccnc1-c1cn[nH]c1. The summed E-state index contributed by atoms with van der Waals surface area (Å²) in [4.78, 5) is 4.11. The van der Waals surface area contributed by atoms with E-state index in [4.69, 9.17) is 0 Å². The molecule has 0 bridgehead atoms. The minimum Gasteiger partial charge on any atom is -0.285 e. The van der Waals surface area contributed by atoms with Gasteiger partial charge in [0.15, 0.2) is 0 Å². The van der Waals surface area contributed by atoms with Crippen molar-refractivity contribution in [1.82, 2.24) is 15.2 Å². The van der Waals surface area contributed by atoms with Gasteiger partial charge in [-0.15, -0.1) is 0 Å². The smallest absolute Gasteiger partial charge is 0.0812 e. The molecule has 0 amide bonds. The molecule has 53 valence electrons. The summed E-state index contributed by atoms with van der Waals surface area (Å²) in [5.41, 5.74) is 1.78. The quantitative estimate of drug-likeness (QED) is 0.654. The number of hydrogen-bond donors (Lipinski definition) is 1. The van der Waals surface area contributed by atoms with Crippen molar-refractivity contribution >= 4 is 0 Å². The lowest BCUT2D eigenvalue weighted by Gasteiger charge is -1.90. The van der Waals surface area contributed by atoms with Crippen molar-refractivity contribution in [2.24, 2.45) is 0 Å². The molecule has 0 saturated carbocycles. The second kappa shape index (κ2) is 2.54. The Kier molecular flexibility index (Phi) is 1.41. The molecule has 0 aromatic carbocycles. The van der Waals surface area contributed by atoms with Crippen molar-refractivity contribution in [3.05, 3.63) is 36.8 Å². The maximum Gasteiger partial charge on any atom is 0.0812 e. The van der Waals surface area contributed by atoms with Gasteiger partial charge in [0.2, 0.25) is 0 Å². The van der Waals surface area contributed by atoms with Crippen molar-refractivity contribution in [2.75, 3.05) is 0 Å². The second-order valence-electron chi connectivity index (χ2n) is 2.12. The van der Waals surface area contributed by atoms with Gasteiger partial charge in [-0.05, 0) is 6.07 Å². The molecule has 0 fully saturated rings. The van der Waals surface area contributed by atoms with Crippen molar-refractivity contribution in [3.63, 3.8) is 0 Å². The molecule has 0 spiro atoms. The maximum absolute atomic E-state index is 4.11. The molecule has 11 heavy (non-hydrogen) atoms. The molecule has 0 aliphatic rings. The van der Waals surface area contributed by atoms with Gasteiger partial charge in [-0.2, -0.15) is 5.10 Å².